The van der Waals surface area contributed by atoms with E-state index in [1.54, 1.807) is 14.2 Å². The van der Waals surface area contributed by atoms with Gasteiger partial charge in [-0.25, -0.2) is 0 Å². The molecule has 94 valence electrons. The number of rotatable bonds is 4. The molecular weight excluding hydrogens is 242 g/mol. The van der Waals surface area contributed by atoms with E-state index < -0.39 is 0 Å². The number of methoxy groups -OCH3 is 1. The van der Waals surface area contributed by atoms with Gasteiger partial charge < -0.3 is 15.4 Å². The van der Waals surface area contributed by atoms with E-state index in [1.165, 1.54) is 0 Å². The highest BCUT2D eigenvalue weighted by atomic mass is 35.5. The van der Waals surface area contributed by atoms with Gasteiger partial charge in [0, 0.05) is 20.2 Å². The van der Waals surface area contributed by atoms with Gasteiger partial charge in [0.05, 0.1) is 6.10 Å². The molecule has 2 rings (SSSR count). The summed E-state index contributed by atoms with van der Waals surface area (Å²) in [6.07, 6.45) is 3.41. The van der Waals surface area contributed by atoms with Gasteiger partial charge in [-0.05, 0) is 30.9 Å². The molecular formula is C10H16ClN5O. The summed E-state index contributed by atoms with van der Waals surface area (Å²) in [5.74, 6) is 0.977. The first-order valence-corrected chi connectivity index (χ1v) is 5.97. The quantitative estimate of drug-likeness (QED) is 0.853. The molecule has 0 amide bonds. The van der Waals surface area contributed by atoms with Crippen molar-refractivity contribution in [2.24, 2.45) is 0 Å². The van der Waals surface area contributed by atoms with E-state index in [0.717, 1.165) is 19.3 Å². The van der Waals surface area contributed by atoms with E-state index in [9.17, 15) is 0 Å². The fourth-order valence-electron chi connectivity index (χ4n) is 1.99. The molecule has 0 aliphatic heterocycles. The maximum Gasteiger partial charge on any atom is 0.229 e. The summed E-state index contributed by atoms with van der Waals surface area (Å²) in [5.41, 5.74) is 0. The van der Waals surface area contributed by atoms with Crippen molar-refractivity contribution < 1.29 is 4.74 Å². The molecule has 0 aromatic carbocycles. The molecule has 1 fully saturated rings. The van der Waals surface area contributed by atoms with Crippen LogP contribution in [0.15, 0.2) is 0 Å². The molecule has 0 bridgehead atoms. The van der Waals surface area contributed by atoms with Crippen LogP contribution in [0.2, 0.25) is 5.28 Å². The Labute approximate surface area is 105 Å². The Kier molecular flexibility index (Phi) is 3.96. The highest BCUT2D eigenvalue weighted by Gasteiger charge is 2.25. The fraction of sp³-hybridized carbons (Fsp3) is 0.700. The van der Waals surface area contributed by atoms with E-state index in [4.69, 9.17) is 16.3 Å². The van der Waals surface area contributed by atoms with Crippen LogP contribution in [0.1, 0.15) is 19.3 Å². The lowest BCUT2D eigenvalue weighted by Gasteiger charge is -2.13. The second-order valence-corrected chi connectivity index (χ2v) is 4.35. The number of nitrogens with one attached hydrogen (secondary N) is 2. The highest BCUT2D eigenvalue weighted by molar-refractivity contribution is 6.28. The van der Waals surface area contributed by atoms with Crippen LogP contribution < -0.4 is 10.6 Å². The Morgan fingerprint density at radius 3 is 2.65 bits per heavy atom. The van der Waals surface area contributed by atoms with Crippen molar-refractivity contribution in [1.29, 1.82) is 0 Å². The molecule has 0 radical (unpaired) electrons. The number of hydrogen-bond donors (Lipinski definition) is 2. The van der Waals surface area contributed by atoms with E-state index in [0.29, 0.717) is 24.0 Å². The summed E-state index contributed by atoms with van der Waals surface area (Å²) >= 11 is 5.80. The first-order valence-electron chi connectivity index (χ1n) is 5.60. The van der Waals surface area contributed by atoms with Crippen LogP contribution in [0, 0.1) is 0 Å². The van der Waals surface area contributed by atoms with Crippen LogP contribution in [-0.2, 0) is 4.74 Å². The zero-order valence-electron chi connectivity index (χ0n) is 9.90. The molecule has 2 atom stereocenters. The highest BCUT2D eigenvalue weighted by Crippen LogP contribution is 2.24. The summed E-state index contributed by atoms with van der Waals surface area (Å²) in [6, 6.07) is 0.336. The molecule has 1 heterocycles. The van der Waals surface area contributed by atoms with Gasteiger partial charge in [0.1, 0.15) is 0 Å². The van der Waals surface area contributed by atoms with Crippen LogP contribution in [0.3, 0.4) is 0 Å². The monoisotopic (exact) mass is 257 g/mol. The van der Waals surface area contributed by atoms with E-state index in [-0.39, 0.29) is 5.28 Å². The largest absolute Gasteiger partial charge is 0.381 e. The lowest BCUT2D eigenvalue weighted by molar-refractivity contribution is 0.108. The van der Waals surface area contributed by atoms with Crippen molar-refractivity contribution in [1.82, 2.24) is 15.0 Å². The molecule has 0 spiro atoms. The predicted molar refractivity (Wildman–Crippen MR) is 66.4 cm³/mol. The van der Waals surface area contributed by atoms with Crippen molar-refractivity contribution in [3.63, 3.8) is 0 Å². The van der Waals surface area contributed by atoms with Crippen LogP contribution >= 0.6 is 11.6 Å². The molecule has 1 aromatic heterocycles. The maximum atomic E-state index is 5.80. The zero-order chi connectivity index (χ0) is 12.3. The molecule has 1 aromatic rings. The van der Waals surface area contributed by atoms with Crippen LogP contribution in [0.25, 0.3) is 0 Å². The third kappa shape index (κ3) is 3.17. The lowest BCUT2D eigenvalue weighted by atomic mass is 10.2. The van der Waals surface area contributed by atoms with Crippen molar-refractivity contribution in [2.75, 3.05) is 24.8 Å². The third-order valence-corrected chi connectivity index (χ3v) is 3.05. The van der Waals surface area contributed by atoms with Gasteiger partial charge in [-0.2, -0.15) is 15.0 Å². The third-order valence-electron chi connectivity index (χ3n) is 2.88. The Hall–Kier alpha value is -1.14. The molecule has 17 heavy (non-hydrogen) atoms. The van der Waals surface area contributed by atoms with Gasteiger partial charge in [-0.1, -0.05) is 0 Å². The summed E-state index contributed by atoms with van der Waals surface area (Å²) in [5, 5.41) is 6.28. The molecule has 1 aliphatic rings. The van der Waals surface area contributed by atoms with Gasteiger partial charge in [0.25, 0.3) is 0 Å². The maximum absolute atomic E-state index is 5.80. The van der Waals surface area contributed by atoms with E-state index in [2.05, 4.69) is 25.6 Å². The predicted octanol–water partition coefficient (Wildman–Crippen LogP) is 1.55. The van der Waals surface area contributed by atoms with Crippen molar-refractivity contribution in [2.45, 2.75) is 31.4 Å². The Morgan fingerprint density at radius 2 is 2.00 bits per heavy atom. The minimum absolute atomic E-state index is 0.188. The Bertz CT molecular complexity index is 389. The molecule has 1 aliphatic carbocycles. The Morgan fingerprint density at radius 1 is 1.24 bits per heavy atom. The molecule has 2 unspecified atom stereocenters. The first-order chi connectivity index (χ1) is 8.21. The van der Waals surface area contributed by atoms with Crippen LogP contribution in [0.4, 0.5) is 11.9 Å². The standard InChI is InChI=1S/C10H16ClN5O/c1-12-9-14-8(11)15-10(16-9)13-6-3-4-7(5-6)17-2/h6-7H,3-5H2,1-2H3,(H2,12,13,14,15,16). The number of anilines is 2. The van der Waals surface area contributed by atoms with Crippen molar-refractivity contribution >= 4 is 23.5 Å². The number of halogens is 1. The van der Waals surface area contributed by atoms with E-state index in [1.807, 2.05) is 0 Å². The van der Waals surface area contributed by atoms with Crippen molar-refractivity contribution in [3.8, 4) is 0 Å². The number of hydrogen-bond acceptors (Lipinski definition) is 6. The van der Waals surface area contributed by atoms with Crippen LogP contribution in [0.5, 0.6) is 0 Å². The molecule has 2 N–H and O–H groups in total. The SMILES string of the molecule is CNc1nc(Cl)nc(NC2CCC(OC)C2)n1. The topological polar surface area (TPSA) is 72.0 Å². The molecule has 6 nitrogen and oxygen atoms in total. The minimum atomic E-state index is 0.188. The van der Waals surface area contributed by atoms with Gasteiger partial charge in [0.15, 0.2) is 0 Å². The van der Waals surface area contributed by atoms with Gasteiger partial charge in [-0.15, -0.1) is 0 Å². The number of ether oxygens (including phenoxy) is 1. The zero-order valence-corrected chi connectivity index (χ0v) is 10.7. The summed E-state index contributed by atoms with van der Waals surface area (Å²) < 4.78 is 5.32. The summed E-state index contributed by atoms with van der Waals surface area (Å²) in [7, 11) is 3.48. The second kappa shape index (κ2) is 5.46. The number of aromatic nitrogens is 3. The van der Waals surface area contributed by atoms with Gasteiger partial charge >= 0.3 is 0 Å². The molecule has 1 saturated carbocycles. The smallest absolute Gasteiger partial charge is 0.229 e. The van der Waals surface area contributed by atoms with Gasteiger partial charge in [0.2, 0.25) is 17.2 Å². The summed E-state index contributed by atoms with van der Waals surface area (Å²) in [4.78, 5) is 12.2. The number of nitrogens with zero attached hydrogens (tertiary/aromatic N) is 3. The average molecular weight is 258 g/mol. The first kappa shape index (κ1) is 12.3. The molecule has 0 saturated heterocycles. The van der Waals surface area contributed by atoms with E-state index >= 15 is 0 Å². The average Bonchev–Trinajstić information content (AvgIpc) is 2.76. The molecule has 7 heteroatoms. The normalized spacial score (nSPS) is 23.7. The van der Waals surface area contributed by atoms with Gasteiger partial charge in [-0.3, -0.25) is 0 Å². The lowest BCUT2D eigenvalue weighted by Crippen LogP contribution is -2.19. The second-order valence-electron chi connectivity index (χ2n) is 4.01. The summed E-state index contributed by atoms with van der Waals surface area (Å²) in [6.45, 7) is 0. The van der Waals surface area contributed by atoms with Crippen LogP contribution in [-0.4, -0.2) is 41.3 Å². The fourth-order valence-corrected chi connectivity index (χ4v) is 2.15. The Balaban J connectivity index is 2.01. The van der Waals surface area contributed by atoms with Crippen molar-refractivity contribution in [3.05, 3.63) is 5.28 Å². The minimum Gasteiger partial charge on any atom is -0.381 e.